The topological polar surface area (TPSA) is 131 Å². The molecule has 2 N–H and O–H groups in total. The van der Waals surface area contributed by atoms with Gasteiger partial charge < -0.3 is 19.9 Å². The first kappa shape index (κ1) is 25.2. The first-order valence-corrected chi connectivity index (χ1v) is 13.5. The third-order valence-corrected chi connectivity index (χ3v) is 6.82. The Bertz CT molecular complexity index is 1470. The molecule has 0 bridgehead atoms. The predicted octanol–water partition coefficient (Wildman–Crippen LogP) is 2.69. The van der Waals surface area contributed by atoms with Crippen LogP contribution in [0, 0.1) is 0 Å². The summed E-state index contributed by atoms with van der Waals surface area (Å²) in [5.41, 5.74) is 8.06. The Morgan fingerprint density at radius 2 is 1.70 bits per heavy atom. The molecule has 5 rings (SSSR count). The molecule has 4 aromatic rings. The van der Waals surface area contributed by atoms with Crippen molar-refractivity contribution in [3.8, 4) is 0 Å². The Labute approximate surface area is 213 Å². The lowest BCUT2D eigenvalue weighted by Gasteiger charge is -2.20. The number of ether oxygens (including phenoxy) is 3. The summed E-state index contributed by atoms with van der Waals surface area (Å²) in [6, 6.07) is 19.0. The molecule has 12 heteroatoms. The van der Waals surface area contributed by atoms with E-state index in [-0.39, 0.29) is 30.4 Å². The van der Waals surface area contributed by atoms with E-state index in [2.05, 4.69) is 15.1 Å². The van der Waals surface area contributed by atoms with Gasteiger partial charge in [-0.25, -0.2) is 22.3 Å². The zero-order chi connectivity index (χ0) is 26.0. The monoisotopic (exact) mass is 527 g/mol. The van der Waals surface area contributed by atoms with E-state index in [0.29, 0.717) is 6.61 Å². The molecular weight excluding hydrogens is 501 g/mol. The van der Waals surface area contributed by atoms with Crippen molar-refractivity contribution in [2.75, 3.05) is 18.6 Å². The van der Waals surface area contributed by atoms with Crippen LogP contribution < -0.4 is 5.73 Å². The van der Waals surface area contributed by atoms with Crippen LogP contribution in [0.4, 0.5) is 10.2 Å². The Morgan fingerprint density at radius 3 is 2.35 bits per heavy atom. The second-order valence-corrected chi connectivity index (χ2v) is 10.7. The Balaban J connectivity index is 1.41. The van der Waals surface area contributed by atoms with Crippen LogP contribution >= 0.6 is 0 Å². The normalized spacial score (nSPS) is 22.0. The van der Waals surface area contributed by atoms with Gasteiger partial charge in [-0.05, 0) is 11.1 Å². The fourth-order valence-corrected chi connectivity index (χ4v) is 4.66. The van der Waals surface area contributed by atoms with E-state index in [0.717, 1.165) is 21.9 Å². The summed E-state index contributed by atoms with van der Waals surface area (Å²) in [5.74, 6) is -0.144. The molecule has 1 aliphatic rings. The van der Waals surface area contributed by atoms with Gasteiger partial charge in [-0.15, -0.1) is 5.10 Å². The van der Waals surface area contributed by atoms with Crippen LogP contribution in [-0.2, 0) is 37.3 Å². The maximum Gasteiger partial charge on any atom is 0.267 e. The van der Waals surface area contributed by atoms with Crippen LogP contribution in [0.5, 0.6) is 0 Å². The number of halogens is 1. The molecule has 1 aliphatic heterocycles. The fraction of sp³-hybridized carbons (Fsp3) is 0.320. The third-order valence-electron chi connectivity index (χ3n) is 5.99. The van der Waals surface area contributed by atoms with Gasteiger partial charge >= 0.3 is 0 Å². The number of anilines is 1. The second-order valence-electron chi connectivity index (χ2n) is 8.77. The number of aromatic nitrogens is 4. The van der Waals surface area contributed by atoms with Crippen molar-refractivity contribution in [1.82, 2.24) is 19.6 Å². The first-order chi connectivity index (χ1) is 17.8. The van der Waals surface area contributed by atoms with Crippen LogP contribution in [0.25, 0.3) is 5.65 Å². The van der Waals surface area contributed by atoms with Crippen LogP contribution in [0.1, 0.15) is 22.9 Å². The van der Waals surface area contributed by atoms with E-state index in [1.165, 1.54) is 6.20 Å². The van der Waals surface area contributed by atoms with Gasteiger partial charge in [-0.1, -0.05) is 60.7 Å². The summed E-state index contributed by atoms with van der Waals surface area (Å²) in [5, 5.41) is 3.55. The number of nitrogen functional groups attached to an aromatic ring is 1. The lowest BCUT2D eigenvalue weighted by Crippen LogP contribution is -2.34. The number of sulfone groups is 1. The summed E-state index contributed by atoms with van der Waals surface area (Å²) in [4.78, 5) is 7.98. The molecular formula is C25H26FN5O5S. The van der Waals surface area contributed by atoms with Crippen molar-refractivity contribution in [2.45, 2.75) is 42.9 Å². The molecule has 0 unspecified atom stereocenters. The van der Waals surface area contributed by atoms with Crippen LogP contribution in [0.3, 0.4) is 0 Å². The molecule has 4 atom stereocenters. The standard InChI is InChI=1S/C25H26FN5O5S/c1-37(32,33)25-29-23(27)24-28-12-18(31(24)30-25)21-20(26)22(35-14-17-10-6-3-7-11-17)19(36-21)15-34-13-16-8-4-2-5-9-16/h2-12,19-22H,13-15H2,1H3,(H2,27,29,30)/t19-,20+,21+,22-/m1/s1. The second kappa shape index (κ2) is 10.5. The Kier molecular flexibility index (Phi) is 7.15. The van der Waals surface area contributed by atoms with Crippen LogP contribution in [-0.4, -0.2) is 59.2 Å². The van der Waals surface area contributed by atoms with Gasteiger partial charge in [0.25, 0.3) is 5.16 Å². The van der Waals surface area contributed by atoms with E-state index in [1.807, 2.05) is 60.7 Å². The molecule has 0 radical (unpaired) electrons. The number of hydrogen-bond donors (Lipinski definition) is 1. The maximum absolute atomic E-state index is 15.9. The van der Waals surface area contributed by atoms with Gasteiger partial charge in [0.05, 0.1) is 31.7 Å². The van der Waals surface area contributed by atoms with Gasteiger partial charge in [0.15, 0.2) is 17.6 Å². The van der Waals surface area contributed by atoms with Crippen molar-refractivity contribution >= 4 is 21.3 Å². The molecule has 0 amide bonds. The number of benzene rings is 2. The van der Waals surface area contributed by atoms with Gasteiger partial charge in [0.1, 0.15) is 18.3 Å². The molecule has 0 aliphatic carbocycles. The van der Waals surface area contributed by atoms with E-state index < -0.39 is 39.5 Å². The zero-order valence-electron chi connectivity index (χ0n) is 20.0. The summed E-state index contributed by atoms with van der Waals surface area (Å²) in [7, 11) is -3.78. The van der Waals surface area contributed by atoms with Crippen molar-refractivity contribution in [2.24, 2.45) is 0 Å². The van der Waals surface area contributed by atoms with Gasteiger partial charge in [0, 0.05) is 6.26 Å². The molecule has 1 saturated heterocycles. The van der Waals surface area contributed by atoms with Crippen molar-refractivity contribution in [3.63, 3.8) is 0 Å². The van der Waals surface area contributed by atoms with Gasteiger partial charge in [-0.3, -0.25) is 0 Å². The summed E-state index contributed by atoms with van der Waals surface area (Å²) < 4.78 is 59.1. The molecule has 10 nitrogen and oxygen atoms in total. The Morgan fingerprint density at radius 1 is 1.05 bits per heavy atom. The fourth-order valence-electron chi connectivity index (χ4n) is 4.17. The van der Waals surface area contributed by atoms with E-state index >= 15 is 4.39 Å². The van der Waals surface area contributed by atoms with E-state index in [9.17, 15) is 8.42 Å². The number of nitrogens with zero attached hydrogens (tertiary/aromatic N) is 4. The molecule has 37 heavy (non-hydrogen) atoms. The highest BCUT2D eigenvalue weighted by Crippen LogP contribution is 2.38. The van der Waals surface area contributed by atoms with Crippen molar-refractivity contribution in [1.29, 1.82) is 0 Å². The quantitative estimate of drug-likeness (QED) is 0.349. The summed E-state index contributed by atoms with van der Waals surface area (Å²) in [6.07, 6.45) is -2.16. The number of hydrogen-bond acceptors (Lipinski definition) is 9. The molecule has 194 valence electrons. The minimum Gasteiger partial charge on any atom is -0.380 e. The average Bonchev–Trinajstić information content (AvgIpc) is 3.44. The number of rotatable bonds is 9. The molecule has 3 heterocycles. The Hall–Kier alpha value is -3.45. The minimum absolute atomic E-state index is 0.0771. The van der Waals surface area contributed by atoms with Gasteiger partial charge in [-0.2, -0.15) is 4.98 Å². The molecule has 2 aromatic carbocycles. The maximum atomic E-state index is 15.9. The lowest BCUT2D eigenvalue weighted by atomic mass is 10.1. The molecule has 0 saturated carbocycles. The minimum atomic E-state index is -3.78. The predicted molar refractivity (Wildman–Crippen MR) is 132 cm³/mol. The van der Waals surface area contributed by atoms with E-state index in [4.69, 9.17) is 19.9 Å². The SMILES string of the molecule is CS(=O)(=O)c1nc(N)c2ncc([C@@H]3O[C@H](COCc4ccccc4)[C@@H](OCc4ccccc4)[C@H]3F)n2n1. The van der Waals surface area contributed by atoms with Gasteiger partial charge in [0.2, 0.25) is 9.84 Å². The van der Waals surface area contributed by atoms with Crippen LogP contribution in [0.2, 0.25) is 0 Å². The smallest absolute Gasteiger partial charge is 0.267 e. The summed E-state index contributed by atoms with van der Waals surface area (Å²) in [6.45, 7) is 0.580. The highest BCUT2D eigenvalue weighted by atomic mass is 32.2. The highest BCUT2D eigenvalue weighted by molar-refractivity contribution is 7.90. The molecule has 2 aromatic heterocycles. The average molecular weight is 528 g/mol. The summed E-state index contributed by atoms with van der Waals surface area (Å²) >= 11 is 0. The number of fused-ring (bicyclic) bond motifs is 1. The van der Waals surface area contributed by atoms with E-state index in [1.54, 1.807) is 0 Å². The number of alkyl halides is 1. The third kappa shape index (κ3) is 5.47. The number of imidazole rings is 1. The van der Waals surface area contributed by atoms with Crippen molar-refractivity contribution in [3.05, 3.63) is 83.7 Å². The molecule has 0 spiro atoms. The number of nitrogens with two attached hydrogens (primary N) is 1. The lowest BCUT2D eigenvalue weighted by molar-refractivity contribution is -0.0742. The van der Waals surface area contributed by atoms with Crippen LogP contribution in [0.15, 0.2) is 72.0 Å². The highest BCUT2D eigenvalue weighted by Gasteiger charge is 2.48. The first-order valence-electron chi connectivity index (χ1n) is 11.6. The zero-order valence-corrected chi connectivity index (χ0v) is 20.8. The largest absolute Gasteiger partial charge is 0.380 e. The molecule has 1 fully saturated rings. The van der Waals surface area contributed by atoms with Crippen molar-refractivity contribution < 1.29 is 27.0 Å².